The van der Waals surface area contributed by atoms with Gasteiger partial charge in [-0.25, -0.2) is 0 Å². The molecule has 0 saturated carbocycles. The summed E-state index contributed by atoms with van der Waals surface area (Å²) in [6, 6.07) is 0. The summed E-state index contributed by atoms with van der Waals surface area (Å²) in [5, 5.41) is -0.138. The van der Waals surface area contributed by atoms with Crippen LogP contribution < -0.4 is 0 Å². The molecule has 5 heteroatoms. The maximum atomic E-state index is 11.5. The van der Waals surface area contributed by atoms with Gasteiger partial charge in [0.2, 0.25) is 0 Å². The molecule has 4 nitrogen and oxygen atoms in total. The summed E-state index contributed by atoms with van der Waals surface area (Å²) in [4.78, 5) is 22.5. The summed E-state index contributed by atoms with van der Waals surface area (Å²) in [5.41, 5.74) is 0. The summed E-state index contributed by atoms with van der Waals surface area (Å²) < 4.78 is 9.53. The van der Waals surface area contributed by atoms with Crippen LogP contribution in [-0.4, -0.2) is 36.2 Å². The van der Waals surface area contributed by atoms with Gasteiger partial charge in [-0.1, -0.05) is 13.8 Å². The van der Waals surface area contributed by atoms with Crippen LogP contribution in [0, 0.1) is 0 Å². The second-order valence-electron chi connectivity index (χ2n) is 3.38. The van der Waals surface area contributed by atoms with Crippen LogP contribution in [0.4, 0.5) is 0 Å². The summed E-state index contributed by atoms with van der Waals surface area (Å²) in [7, 11) is 1.36. The highest BCUT2D eigenvalue weighted by Crippen LogP contribution is 2.24. The molecule has 0 N–H and O–H groups in total. The van der Waals surface area contributed by atoms with Crippen LogP contribution >= 0.6 is 11.8 Å². The van der Waals surface area contributed by atoms with Crippen molar-refractivity contribution < 1.29 is 19.1 Å². The Morgan fingerprint density at radius 2 is 1.94 bits per heavy atom. The maximum Gasteiger partial charge on any atom is 0.319 e. The van der Waals surface area contributed by atoms with Gasteiger partial charge in [0.15, 0.2) is 0 Å². The van der Waals surface area contributed by atoms with E-state index in [1.54, 1.807) is 6.92 Å². The molecule has 0 amide bonds. The van der Waals surface area contributed by atoms with Crippen molar-refractivity contribution in [2.24, 2.45) is 0 Å². The number of thioether (sulfide) groups is 1. The minimum absolute atomic E-state index is 0.0572. The Balaban J connectivity index is 4.10. The SMILES string of the molecule is CCOC(=O)C(CC)SC(C)CC(=O)OC. The number of hydrogen-bond acceptors (Lipinski definition) is 5. The van der Waals surface area contributed by atoms with E-state index >= 15 is 0 Å². The number of ether oxygens (including phenoxy) is 2. The highest BCUT2D eigenvalue weighted by Gasteiger charge is 2.22. The number of methoxy groups -OCH3 is 1. The molecule has 16 heavy (non-hydrogen) atoms. The lowest BCUT2D eigenvalue weighted by Crippen LogP contribution is -2.23. The first kappa shape index (κ1) is 15.3. The fourth-order valence-corrected chi connectivity index (χ4v) is 2.36. The van der Waals surface area contributed by atoms with Crippen LogP contribution in [0.15, 0.2) is 0 Å². The van der Waals surface area contributed by atoms with E-state index in [0.717, 1.165) is 0 Å². The van der Waals surface area contributed by atoms with Crippen molar-refractivity contribution in [1.82, 2.24) is 0 Å². The van der Waals surface area contributed by atoms with Crippen LogP contribution in [0.2, 0.25) is 0 Å². The van der Waals surface area contributed by atoms with Gasteiger partial charge in [0.05, 0.1) is 20.1 Å². The van der Waals surface area contributed by atoms with E-state index < -0.39 is 0 Å². The first-order valence-corrected chi connectivity index (χ1v) is 6.38. The molecule has 0 aromatic heterocycles. The van der Waals surface area contributed by atoms with Crippen molar-refractivity contribution >= 4 is 23.7 Å². The third-order valence-corrected chi connectivity index (χ3v) is 3.48. The van der Waals surface area contributed by atoms with Gasteiger partial charge in [0, 0.05) is 5.25 Å². The van der Waals surface area contributed by atoms with Crippen molar-refractivity contribution in [2.75, 3.05) is 13.7 Å². The molecule has 0 aromatic rings. The zero-order chi connectivity index (χ0) is 12.6. The fourth-order valence-electron chi connectivity index (χ4n) is 1.20. The number of rotatable bonds is 7. The molecule has 0 heterocycles. The highest BCUT2D eigenvalue weighted by molar-refractivity contribution is 8.01. The average Bonchev–Trinajstić information content (AvgIpc) is 2.25. The minimum atomic E-state index is -0.251. The van der Waals surface area contributed by atoms with Gasteiger partial charge in [-0.3, -0.25) is 9.59 Å². The molecule has 94 valence electrons. The molecule has 0 aliphatic rings. The van der Waals surface area contributed by atoms with E-state index in [1.807, 2.05) is 13.8 Å². The number of esters is 2. The number of carbonyl (C=O) groups is 2. The van der Waals surface area contributed by atoms with Crippen LogP contribution in [0.5, 0.6) is 0 Å². The van der Waals surface area contributed by atoms with Gasteiger partial charge in [0.25, 0.3) is 0 Å². The van der Waals surface area contributed by atoms with E-state index in [1.165, 1.54) is 18.9 Å². The average molecular weight is 248 g/mol. The minimum Gasteiger partial charge on any atom is -0.469 e. The summed E-state index contributed by atoms with van der Waals surface area (Å²) in [6.07, 6.45) is 1.02. The molecule has 2 atom stereocenters. The first-order chi connectivity index (χ1) is 7.54. The predicted octanol–water partition coefficient (Wildman–Crippen LogP) is 2.01. The lowest BCUT2D eigenvalue weighted by atomic mass is 10.3. The number of hydrogen-bond donors (Lipinski definition) is 0. The lowest BCUT2D eigenvalue weighted by Gasteiger charge is -2.17. The van der Waals surface area contributed by atoms with E-state index in [0.29, 0.717) is 19.4 Å². The highest BCUT2D eigenvalue weighted by atomic mass is 32.2. The maximum absolute atomic E-state index is 11.5. The molecule has 0 aromatic carbocycles. The summed E-state index contributed by atoms with van der Waals surface area (Å²) >= 11 is 1.46. The molecule has 2 unspecified atom stereocenters. The van der Waals surface area contributed by atoms with Gasteiger partial charge >= 0.3 is 11.9 Å². The van der Waals surface area contributed by atoms with Crippen molar-refractivity contribution in [3.63, 3.8) is 0 Å². The lowest BCUT2D eigenvalue weighted by molar-refractivity contribution is -0.143. The Bertz CT molecular complexity index is 230. The Morgan fingerprint density at radius 1 is 1.31 bits per heavy atom. The molecule has 0 bridgehead atoms. The van der Waals surface area contributed by atoms with Gasteiger partial charge in [-0.2, -0.15) is 0 Å². The molecule has 0 fully saturated rings. The summed E-state index contributed by atoms with van der Waals surface area (Å²) in [6.45, 7) is 6.01. The molecular weight excluding hydrogens is 228 g/mol. The zero-order valence-corrected chi connectivity index (χ0v) is 11.1. The van der Waals surface area contributed by atoms with Crippen LogP contribution in [0.1, 0.15) is 33.6 Å². The zero-order valence-electron chi connectivity index (χ0n) is 10.3. The normalized spacial score (nSPS) is 14.0. The van der Waals surface area contributed by atoms with Gasteiger partial charge in [-0.15, -0.1) is 11.8 Å². The van der Waals surface area contributed by atoms with E-state index in [-0.39, 0.29) is 22.4 Å². The smallest absolute Gasteiger partial charge is 0.319 e. The van der Waals surface area contributed by atoms with Crippen molar-refractivity contribution in [2.45, 2.75) is 44.1 Å². The first-order valence-electron chi connectivity index (χ1n) is 5.44. The van der Waals surface area contributed by atoms with Crippen molar-refractivity contribution in [1.29, 1.82) is 0 Å². The molecule has 0 aliphatic heterocycles. The quantitative estimate of drug-likeness (QED) is 0.645. The number of carbonyl (C=O) groups excluding carboxylic acids is 2. The van der Waals surface area contributed by atoms with Crippen LogP contribution in [0.3, 0.4) is 0 Å². The van der Waals surface area contributed by atoms with Gasteiger partial charge < -0.3 is 9.47 Å². The predicted molar refractivity (Wildman–Crippen MR) is 64.4 cm³/mol. The molecular formula is C11H20O4S. The second kappa shape index (κ2) is 8.44. The Hall–Kier alpha value is -0.710. The fraction of sp³-hybridized carbons (Fsp3) is 0.818. The molecule has 0 saturated heterocycles. The Morgan fingerprint density at radius 3 is 2.38 bits per heavy atom. The van der Waals surface area contributed by atoms with Crippen LogP contribution in [0.25, 0.3) is 0 Å². The second-order valence-corrected chi connectivity index (χ2v) is 5.02. The third-order valence-electron chi connectivity index (χ3n) is 2.00. The molecule has 0 radical (unpaired) electrons. The Labute approximate surface area is 101 Å². The van der Waals surface area contributed by atoms with Crippen LogP contribution in [-0.2, 0) is 19.1 Å². The largest absolute Gasteiger partial charge is 0.469 e. The van der Waals surface area contributed by atoms with E-state index in [2.05, 4.69) is 4.74 Å². The standard InChI is InChI=1S/C11H20O4S/c1-5-9(11(13)15-6-2)16-8(3)7-10(12)14-4/h8-9H,5-7H2,1-4H3. The molecule has 0 aliphatic carbocycles. The van der Waals surface area contributed by atoms with Gasteiger partial charge in [-0.05, 0) is 13.3 Å². The summed E-state index contributed by atoms with van der Waals surface area (Å²) in [5.74, 6) is -0.453. The molecule has 0 rings (SSSR count). The molecule has 0 spiro atoms. The Kier molecular flexibility index (Phi) is 8.07. The van der Waals surface area contributed by atoms with E-state index in [4.69, 9.17) is 4.74 Å². The van der Waals surface area contributed by atoms with Crippen molar-refractivity contribution in [3.8, 4) is 0 Å². The monoisotopic (exact) mass is 248 g/mol. The third kappa shape index (κ3) is 6.00. The van der Waals surface area contributed by atoms with Crippen molar-refractivity contribution in [3.05, 3.63) is 0 Å². The van der Waals surface area contributed by atoms with Gasteiger partial charge in [0.1, 0.15) is 5.25 Å². The van der Waals surface area contributed by atoms with E-state index in [9.17, 15) is 9.59 Å². The topological polar surface area (TPSA) is 52.6 Å².